The van der Waals surface area contributed by atoms with E-state index in [0.717, 1.165) is 13.0 Å². The van der Waals surface area contributed by atoms with E-state index in [9.17, 15) is 0 Å². The Kier molecular flexibility index (Phi) is 5.00. The third-order valence-corrected chi connectivity index (χ3v) is 5.30. The monoisotopic (exact) mass is 287 g/mol. The van der Waals surface area contributed by atoms with Gasteiger partial charge in [-0.25, -0.2) is 0 Å². The Labute approximate surface area is 127 Å². The van der Waals surface area contributed by atoms with E-state index in [2.05, 4.69) is 64.2 Å². The maximum absolute atomic E-state index is 3.65. The lowest BCUT2D eigenvalue weighted by Gasteiger charge is -2.19. The smallest absolute Gasteiger partial charge is 0.0455 e. The first-order valence-electron chi connectivity index (χ1n) is 7.38. The van der Waals surface area contributed by atoms with Crippen LogP contribution in [0, 0.1) is 27.7 Å². The average molecular weight is 287 g/mol. The second kappa shape index (κ2) is 6.55. The number of hydrogen-bond acceptors (Lipinski definition) is 2. The van der Waals surface area contributed by atoms with Gasteiger partial charge >= 0.3 is 0 Å². The zero-order chi connectivity index (χ0) is 14.7. The van der Waals surface area contributed by atoms with Gasteiger partial charge < -0.3 is 5.32 Å². The molecule has 0 saturated heterocycles. The fourth-order valence-electron chi connectivity index (χ4n) is 2.67. The molecule has 0 aliphatic heterocycles. The zero-order valence-electron chi connectivity index (χ0n) is 13.2. The summed E-state index contributed by atoms with van der Waals surface area (Å²) in [5, 5.41) is 3.65. The van der Waals surface area contributed by atoms with Crippen molar-refractivity contribution in [2.24, 2.45) is 0 Å². The van der Waals surface area contributed by atoms with E-state index in [1.54, 1.807) is 0 Å². The molecular formula is C18H25NS. The first kappa shape index (κ1) is 15.3. The minimum atomic E-state index is 0.428. The molecule has 0 amide bonds. The topological polar surface area (TPSA) is 12.0 Å². The standard InChI is InChI=1S/C18H25NS/c1-6-19-17(18-10-14(4)15(5)20-18)11-16-12(2)8-7-9-13(16)3/h7-10,17,19H,6,11H2,1-5H3. The van der Waals surface area contributed by atoms with Crippen molar-refractivity contribution in [1.82, 2.24) is 5.32 Å². The number of thiophene rings is 1. The number of aryl methyl sites for hydroxylation is 4. The molecule has 1 N–H and O–H groups in total. The van der Waals surface area contributed by atoms with Gasteiger partial charge in [0.15, 0.2) is 0 Å². The molecule has 1 nitrogen and oxygen atoms in total. The predicted molar refractivity (Wildman–Crippen MR) is 89.8 cm³/mol. The summed E-state index contributed by atoms with van der Waals surface area (Å²) in [7, 11) is 0. The summed E-state index contributed by atoms with van der Waals surface area (Å²) in [4.78, 5) is 2.90. The van der Waals surface area contributed by atoms with Crippen LogP contribution in [0.3, 0.4) is 0 Å². The van der Waals surface area contributed by atoms with Crippen LogP contribution in [0.25, 0.3) is 0 Å². The third kappa shape index (κ3) is 3.31. The van der Waals surface area contributed by atoms with E-state index >= 15 is 0 Å². The van der Waals surface area contributed by atoms with Crippen molar-refractivity contribution in [3.05, 3.63) is 56.3 Å². The zero-order valence-corrected chi connectivity index (χ0v) is 14.0. The van der Waals surface area contributed by atoms with Crippen LogP contribution in [-0.2, 0) is 6.42 Å². The van der Waals surface area contributed by atoms with Crippen LogP contribution in [0.4, 0.5) is 0 Å². The molecule has 1 unspecified atom stereocenters. The Bertz CT molecular complexity index is 543. The number of benzene rings is 1. The van der Waals surface area contributed by atoms with Crippen molar-refractivity contribution < 1.29 is 0 Å². The molecule has 2 rings (SSSR count). The van der Waals surface area contributed by atoms with E-state index in [1.807, 2.05) is 11.3 Å². The Morgan fingerprint density at radius 2 is 1.70 bits per heavy atom. The number of hydrogen-bond donors (Lipinski definition) is 1. The van der Waals surface area contributed by atoms with Gasteiger partial charge in [0.05, 0.1) is 0 Å². The molecule has 0 aliphatic rings. The molecule has 20 heavy (non-hydrogen) atoms. The maximum Gasteiger partial charge on any atom is 0.0455 e. The molecule has 1 heterocycles. The van der Waals surface area contributed by atoms with Gasteiger partial charge in [-0.2, -0.15) is 0 Å². The third-order valence-electron chi connectivity index (χ3n) is 4.03. The van der Waals surface area contributed by atoms with Gasteiger partial charge in [-0.05, 0) is 69.0 Å². The maximum atomic E-state index is 3.65. The molecule has 2 aromatic rings. The summed E-state index contributed by atoms with van der Waals surface area (Å²) >= 11 is 1.93. The van der Waals surface area contributed by atoms with Gasteiger partial charge in [0, 0.05) is 15.8 Å². The minimum Gasteiger partial charge on any atom is -0.309 e. The summed E-state index contributed by atoms with van der Waals surface area (Å²) < 4.78 is 0. The SMILES string of the molecule is CCNC(Cc1c(C)cccc1C)c1cc(C)c(C)s1. The van der Waals surface area contributed by atoms with Crippen LogP contribution < -0.4 is 5.32 Å². The van der Waals surface area contributed by atoms with Gasteiger partial charge in [0.2, 0.25) is 0 Å². The van der Waals surface area contributed by atoms with Crippen LogP contribution in [-0.4, -0.2) is 6.54 Å². The fraction of sp³-hybridized carbons (Fsp3) is 0.444. The molecule has 0 fully saturated rings. The summed E-state index contributed by atoms with van der Waals surface area (Å²) in [6, 6.07) is 9.36. The van der Waals surface area contributed by atoms with Crippen molar-refractivity contribution in [3.8, 4) is 0 Å². The van der Waals surface area contributed by atoms with Crippen LogP contribution in [0.15, 0.2) is 24.3 Å². The molecule has 0 spiro atoms. The first-order valence-corrected chi connectivity index (χ1v) is 8.20. The highest BCUT2D eigenvalue weighted by atomic mass is 32.1. The average Bonchev–Trinajstić information content (AvgIpc) is 2.73. The molecule has 0 bridgehead atoms. The van der Waals surface area contributed by atoms with Crippen LogP contribution in [0.5, 0.6) is 0 Å². The van der Waals surface area contributed by atoms with Gasteiger partial charge in [-0.15, -0.1) is 11.3 Å². The van der Waals surface area contributed by atoms with Crippen LogP contribution in [0.2, 0.25) is 0 Å². The largest absolute Gasteiger partial charge is 0.309 e. The summed E-state index contributed by atoms with van der Waals surface area (Å²) in [5.74, 6) is 0. The second-order valence-electron chi connectivity index (χ2n) is 5.57. The van der Waals surface area contributed by atoms with Gasteiger partial charge in [0.1, 0.15) is 0 Å². The lowest BCUT2D eigenvalue weighted by molar-refractivity contribution is 0.556. The molecule has 1 aromatic heterocycles. The Morgan fingerprint density at radius 1 is 1.05 bits per heavy atom. The van der Waals surface area contributed by atoms with E-state index in [1.165, 1.54) is 32.0 Å². The van der Waals surface area contributed by atoms with E-state index in [0.29, 0.717) is 6.04 Å². The van der Waals surface area contributed by atoms with E-state index < -0.39 is 0 Å². The van der Waals surface area contributed by atoms with Crippen LogP contribution in [0.1, 0.15) is 45.0 Å². The van der Waals surface area contributed by atoms with Crippen molar-refractivity contribution >= 4 is 11.3 Å². The lowest BCUT2D eigenvalue weighted by atomic mass is 9.95. The highest BCUT2D eigenvalue weighted by molar-refractivity contribution is 7.12. The number of nitrogens with one attached hydrogen (secondary N) is 1. The highest BCUT2D eigenvalue weighted by Crippen LogP contribution is 2.30. The second-order valence-corrected chi connectivity index (χ2v) is 6.86. The summed E-state index contributed by atoms with van der Waals surface area (Å²) in [5.41, 5.74) is 5.70. The van der Waals surface area contributed by atoms with Crippen molar-refractivity contribution in [2.45, 2.75) is 47.1 Å². The first-order chi connectivity index (χ1) is 9.52. The predicted octanol–water partition coefficient (Wildman–Crippen LogP) is 4.88. The van der Waals surface area contributed by atoms with E-state index in [4.69, 9.17) is 0 Å². The molecule has 0 radical (unpaired) electrons. The summed E-state index contributed by atoms with van der Waals surface area (Å²) in [6.07, 6.45) is 1.08. The van der Waals surface area contributed by atoms with Gasteiger partial charge in [0.25, 0.3) is 0 Å². The Morgan fingerprint density at radius 3 is 2.20 bits per heavy atom. The quantitative estimate of drug-likeness (QED) is 0.827. The molecule has 0 saturated carbocycles. The molecule has 1 aromatic carbocycles. The van der Waals surface area contributed by atoms with Crippen LogP contribution >= 0.6 is 11.3 Å². The molecule has 1 atom stereocenters. The Hall–Kier alpha value is -1.12. The summed E-state index contributed by atoms with van der Waals surface area (Å²) in [6.45, 7) is 12.0. The van der Waals surface area contributed by atoms with Crippen molar-refractivity contribution in [3.63, 3.8) is 0 Å². The molecular weight excluding hydrogens is 262 g/mol. The molecule has 0 aliphatic carbocycles. The lowest BCUT2D eigenvalue weighted by Crippen LogP contribution is -2.22. The minimum absolute atomic E-state index is 0.428. The fourth-order valence-corrected chi connectivity index (χ4v) is 3.79. The number of likely N-dealkylation sites (N-methyl/N-ethyl adjacent to an activating group) is 1. The Balaban J connectivity index is 2.30. The molecule has 108 valence electrons. The number of rotatable bonds is 5. The van der Waals surface area contributed by atoms with E-state index in [-0.39, 0.29) is 0 Å². The van der Waals surface area contributed by atoms with Gasteiger partial charge in [-0.1, -0.05) is 25.1 Å². The van der Waals surface area contributed by atoms with Gasteiger partial charge in [-0.3, -0.25) is 0 Å². The van der Waals surface area contributed by atoms with Crippen molar-refractivity contribution in [2.75, 3.05) is 6.54 Å². The van der Waals surface area contributed by atoms with Crippen molar-refractivity contribution in [1.29, 1.82) is 0 Å². The molecule has 2 heteroatoms. The highest BCUT2D eigenvalue weighted by Gasteiger charge is 2.16. The normalized spacial score (nSPS) is 12.7.